The predicted octanol–water partition coefficient (Wildman–Crippen LogP) is 4.26. The minimum Gasteiger partial charge on any atom is -0.459 e. The molecule has 126 valence electrons. The lowest BCUT2D eigenvalue weighted by molar-refractivity contribution is -0.384. The third-order valence-corrected chi connectivity index (χ3v) is 3.48. The summed E-state index contributed by atoms with van der Waals surface area (Å²) in [6, 6.07) is 15.7. The van der Waals surface area contributed by atoms with Crippen LogP contribution in [0.1, 0.15) is 37.8 Å². The summed E-state index contributed by atoms with van der Waals surface area (Å²) in [7, 11) is 0. The van der Waals surface area contributed by atoms with Crippen LogP contribution in [0.4, 0.5) is 5.69 Å². The number of hydrogen-bond donors (Lipinski definition) is 0. The van der Waals surface area contributed by atoms with Gasteiger partial charge in [-0.1, -0.05) is 42.5 Å². The Morgan fingerprint density at radius 1 is 1.08 bits per heavy atom. The summed E-state index contributed by atoms with van der Waals surface area (Å²) in [6.45, 7) is 5.46. The van der Waals surface area contributed by atoms with Crippen LogP contribution >= 0.6 is 0 Å². The van der Waals surface area contributed by atoms with Gasteiger partial charge in [-0.25, -0.2) is 0 Å². The molecule has 5 heteroatoms. The molecule has 0 aromatic heterocycles. The summed E-state index contributed by atoms with van der Waals surface area (Å²) in [4.78, 5) is 23.0. The van der Waals surface area contributed by atoms with E-state index in [4.69, 9.17) is 4.74 Å². The molecular formula is C19H21NO4. The van der Waals surface area contributed by atoms with Gasteiger partial charge in [0.1, 0.15) is 5.60 Å². The molecule has 0 radical (unpaired) electrons. The molecule has 1 atom stereocenters. The van der Waals surface area contributed by atoms with Crippen molar-refractivity contribution in [3.8, 4) is 0 Å². The van der Waals surface area contributed by atoms with Crippen LogP contribution in [0, 0.1) is 10.1 Å². The van der Waals surface area contributed by atoms with Gasteiger partial charge in [0.15, 0.2) is 0 Å². The van der Waals surface area contributed by atoms with Gasteiger partial charge < -0.3 is 4.74 Å². The van der Waals surface area contributed by atoms with Crippen molar-refractivity contribution in [2.45, 2.75) is 38.7 Å². The second kappa shape index (κ2) is 7.25. The number of nitrogens with zero attached hydrogens (tertiary/aromatic N) is 1. The Hall–Kier alpha value is -2.69. The molecular weight excluding hydrogens is 306 g/mol. The van der Waals surface area contributed by atoms with E-state index in [1.165, 1.54) is 12.1 Å². The van der Waals surface area contributed by atoms with Gasteiger partial charge in [0, 0.05) is 12.1 Å². The number of nitro groups is 1. The maximum absolute atomic E-state index is 12.6. The van der Waals surface area contributed by atoms with E-state index in [0.29, 0.717) is 12.0 Å². The van der Waals surface area contributed by atoms with Crippen molar-refractivity contribution in [2.24, 2.45) is 0 Å². The molecule has 0 spiro atoms. The zero-order valence-electron chi connectivity index (χ0n) is 14.1. The Bertz CT molecular complexity index is 702. The zero-order valence-corrected chi connectivity index (χ0v) is 14.1. The lowest BCUT2D eigenvalue weighted by atomic mass is 9.91. The average molecular weight is 327 g/mol. The number of nitro benzene ring substituents is 1. The van der Waals surface area contributed by atoms with Crippen molar-refractivity contribution in [2.75, 3.05) is 0 Å². The van der Waals surface area contributed by atoms with E-state index < -0.39 is 16.4 Å². The van der Waals surface area contributed by atoms with Crippen LogP contribution in [0.3, 0.4) is 0 Å². The van der Waals surface area contributed by atoms with Gasteiger partial charge in [-0.2, -0.15) is 0 Å². The number of hydrogen-bond acceptors (Lipinski definition) is 4. The first-order valence-electron chi connectivity index (χ1n) is 7.77. The van der Waals surface area contributed by atoms with E-state index in [9.17, 15) is 14.9 Å². The second-order valence-corrected chi connectivity index (χ2v) is 6.62. The molecule has 0 N–H and O–H groups in total. The SMILES string of the molecule is CC(C)(C)OC(=O)C(Cc1ccccc1)c1ccc([N+](=O)[O-])cc1. The van der Waals surface area contributed by atoms with E-state index in [1.807, 2.05) is 51.1 Å². The van der Waals surface area contributed by atoms with Crippen LogP contribution < -0.4 is 0 Å². The third kappa shape index (κ3) is 4.91. The Balaban J connectivity index is 2.31. The second-order valence-electron chi connectivity index (χ2n) is 6.62. The fourth-order valence-corrected chi connectivity index (χ4v) is 2.39. The zero-order chi connectivity index (χ0) is 17.7. The van der Waals surface area contributed by atoms with Crippen LogP contribution in [0.5, 0.6) is 0 Å². The Labute approximate surface area is 141 Å². The van der Waals surface area contributed by atoms with E-state index in [1.54, 1.807) is 12.1 Å². The van der Waals surface area contributed by atoms with Crippen LogP contribution in [-0.4, -0.2) is 16.5 Å². The molecule has 0 aliphatic rings. The molecule has 24 heavy (non-hydrogen) atoms. The number of esters is 1. The summed E-state index contributed by atoms with van der Waals surface area (Å²) in [6.07, 6.45) is 0.480. The van der Waals surface area contributed by atoms with Crippen LogP contribution in [0.15, 0.2) is 54.6 Å². The summed E-state index contributed by atoms with van der Waals surface area (Å²) in [5, 5.41) is 10.8. The molecule has 0 aliphatic carbocycles. The number of carbonyl (C=O) groups excluding carboxylic acids is 1. The molecule has 0 saturated carbocycles. The molecule has 0 saturated heterocycles. The van der Waals surface area contributed by atoms with Crippen LogP contribution in [-0.2, 0) is 16.0 Å². The van der Waals surface area contributed by atoms with Gasteiger partial charge in [-0.15, -0.1) is 0 Å². The highest BCUT2D eigenvalue weighted by Gasteiger charge is 2.27. The number of carbonyl (C=O) groups is 1. The highest BCUT2D eigenvalue weighted by molar-refractivity contribution is 5.79. The quantitative estimate of drug-likeness (QED) is 0.467. The van der Waals surface area contributed by atoms with Gasteiger partial charge in [-0.3, -0.25) is 14.9 Å². The molecule has 0 aliphatic heterocycles. The van der Waals surface area contributed by atoms with Crippen molar-refractivity contribution >= 4 is 11.7 Å². The van der Waals surface area contributed by atoms with Gasteiger partial charge >= 0.3 is 5.97 Å². The van der Waals surface area contributed by atoms with Crippen LogP contribution in [0.25, 0.3) is 0 Å². The minimum absolute atomic E-state index is 0.00130. The topological polar surface area (TPSA) is 69.4 Å². The first-order chi connectivity index (χ1) is 11.3. The normalized spacial score (nSPS) is 12.5. The third-order valence-electron chi connectivity index (χ3n) is 3.48. The first kappa shape index (κ1) is 17.7. The molecule has 2 aromatic carbocycles. The largest absolute Gasteiger partial charge is 0.459 e. The Morgan fingerprint density at radius 2 is 1.67 bits per heavy atom. The average Bonchev–Trinajstić information content (AvgIpc) is 2.52. The van der Waals surface area contributed by atoms with E-state index in [-0.39, 0.29) is 11.7 Å². The molecule has 2 rings (SSSR count). The number of benzene rings is 2. The lowest BCUT2D eigenvalue weighted by Gasteiger charge is -2.24. The van der Waals surface area contributed by atoms with Crippen molar-refractivity contribution in [3.05, 3.63) is 75.8 Å². The van der Waals surface area contributed by atoms with Crippen molar-refractivity contribution in [1.82, 2.24) is 0 Å². The minimum atomic E-state index is -0.590. The lowest BCUT2D eigenvalue weighted by Crippen LogP contribution is -2.28. The predicted molar refractivity (Wildman–Crippen MR) is 91.8 cm³/mol. The molecule has 0 bridgehead atoms. The van der Waals surface area contributed by atoms with Gasteiger partial charge in [0.25, 0.3) is 5.69 Å². The smallest absolute Gasteiger partial charge is 0.314 e. The fraction of sp³-hybridized carbons (Fsp3) is 0.316. The van der Waals surface area contributed by atoms with Crippen LogP contribution in [0.2, 0.25) is 0 Å². The van der Waals surface area contributed by atoms with Crippen molar-refractivity contribution in [3.63, 3.8) is 0 Å². The summed E-state index contributed by atoms with van der Waals surface area (Å²) < 4.78 is 5.53. The monoisotopic (exact) mass is 327 g/mol. The molecule has 0 heterocycles. The fourth-order valence-electron chi connectivity index (χ4n) is 2.39. The van der Waals surface area contributed by atoms with Gasteiger partial charge in [-0.05, 0) is 38.3 Å². The number of rotatable bonds is 5. The standard InChI is InChI=1S/C19H21NO4/c1-19(2,3)24-18(21)17(13-14-7-5-4-6-8-14)15-9-11-16(12-10-15)20(22)23/h4-12,17H,13H2,1-3H3. The van der Waals surface area contributed by atoms with E-state index in [2.05, 4.69) is 0 Å². The number of ether oxygens (including phenoxy) is 1. The molecule has 1 unspecified atom stereocenters. The summed E-state index contributed by atoms with van der Waals surface area (Å²) >= 11 is 0. The van der Waals surface area contributed by atoms with Gasteiger partial charge in [0.2, 0.25) is 0 Å². The molecule has 5 nitrogen and oxygen atoms in total. The number of non-ortho nitro benzene ring substituents is 1. The molecule has 0 fully saturated rings. The molecule has 2 aromatic rings. The Kier molecular flexibility index (Phi) is 5.34. The summed E-state index contributed by atoms with van der Waals surface area (Å²) in [5.74, 6) is -0.840. The Morgan fingerprint density at radius 3 is 2.17 bits per heavy atom. The van der Waals surface area contributed by atoms with E-state index in [0.717, 1.165) is 5.56 Å². The van der Waals surface area contributed by atoms with E-state index >= 15 is 0 Å². The maximum atomic E-state index is 12.6. The van der Waals surface area contributed by atoms with Crippen molar-refractivity contribution in [1.29, 1.82) is 0 Å². The van der Waals surface area contributed by atoms with Gasteiger partial charge in [0.05, 0.1) is 10.8 Å². The highest BCUT2D eigenvalue weighted by Crippen LogP contribution is 2.26. The maximum Gasteiger partial charge on any atom is 0.314 e. The van der Waals surface area contributed by atoms with Crippen molar-refractivity contribution < 1.29 is 14.5 Å². The highest BCUT2D eigenvalue weighted by atomic mass is 16.6. The molecule has 0 amide bonds. The summed E-state index contributed by atoms with van der Waals surface area (Å²) in [5.41, 5.74) is 1.12. The first-order valence-corrected chi connectivity index (χ1v) is 7.77.